The Morgan fingerprint density at radius 1 is 1.50 bits per heavy atom. The molecule has 1 aliphatic heterocycles. The monoisotopic (exact) mass is 224 g/mol. The van der Waals surface area contributed by atoms with Crippen molar-refractivity contribution >= 4 is 22.3 Å². The highest BCUT2D eigenvalue weighted by atomic mass is 79.9. The van der Waals surface area contributed by atoms with Crippen LogP contribution < -0.4 is 0 Å². The van der Waals surface area contributed by atoms with Gasteiger partial charge in [-0.25, -0.2) is 4.99 Å². The van der Waals surface area contributed by atoms with Crippen LogP contribution in [0.15, 0.2) is 33.7 Å². The third kappa shape index (κ3) is 1.37. The van der Waals surface area contributed by atoms with Crippen LogP contribution in [-0.2, 0) is 4.74 Å². The van der Waals surface area contributed by atoms with E-state index in [4.69, 9.17) is 4.74 Å². The molecule has 2 nitrogen and oxygen atoms in total. The molecule has 1 radical (unpaired) electrons. The summed E-state index contributed by atoms with van der Waals surface area (Å²) in [5.74, 6) is 0. The first-order valence-electron chi connectivity index (χ1n) is 3.69. The third-order valence-corrected chi connectivity index (χ3v) is 2.50. The summed E-state index contributed by atoms with van der Waals surface area (Å²) in [6.45, 7) is 0.600. The van der Waals surface area contributed by atoms with Gasteiger partial charge in [0.2, 0.25) is 0 Å². The highest BCUT2D eigenvalue weighted by molar-refractivity contribution is 9.10. The van der Waals surface area contributed by atoms with Crippen molar-refractivity contribution in [1.82, 2.24) is 0 Å². The average Bonchev–Trinajstić information content (AvgIpc) is 2.57. The molecule has 0 amide bonds. The summed E-state index contributed by atoms with van der Waals surface area (Å²) < 4.78 is 6.00. The molecule has 0 bridgehead atoms. The van der Waals surface area contributed by atoms with Crippen LogP contribution in [0, 0.1) is 0 Å². The second kappa shape index (κ2) is 3.27. The number of rotatable bonds is 1. The maximum atomic E-state index is 4.93. The van der Waals surface area contributed by atoms with Gasteiger partial charge in [-0.1, -0.05) is 34.1 Å². The van der Waals surface area contributed by atoms with Gasteiger partial charge in [-0.3, -0.25) is 0 Å². The lowest BCUT2D eigenvalue weighted by molar-refractivity contribution is 0.330. The molecular formula is C9H7BrNO. The summed E-state index contributed by atoms with van der Waals surface area (Å²) in [5, 5.41) is 0. The number of halogens is 1. The molecule has 0 N–H and O–H groups in total. The van der Waals surface area contributed by atoms with Gasteiger partial charge in [0.25, 0.3) is 6.40 Å². The molecule has 2 rings (SSSR count). The van der Waals surface area contributed by atoms with Crippen LogP contribution in [0.2, 0.25) is 0 Å². The molecular weight excluding hydrogens is 218 g/mol. The fourth-order valence-electron chi connectivity index (χ4n) is 1.16. The molecule has 0 fully saturated rings. The Bertz CT molecular complexity index is 311. The summed E-state index contributed by atoms with van der Waals surface area (Å²) in [4.78, 5) is 4.06. The van der Waals surface area contributed by atoms with Crippen molar-refractivity contribution in [3.63, 3.8) is 0 Å². The second-order valence-corrected chi connectivity index (χ2v) is 3.42. The Hall–Kier alpha value is -0.830. The summed E-state index contributed by atoms with van der Waals surface area (Å²) in [5.41, 5.74) is 1.16. The molecule has 12 heavy (non-hydrogen) atoms. The Morgan fingerprint density at radius 2 is 2.33 bits per heavy atom. The molecule has 3 heteroatoms. The van der Waals surface area contributed by atoms with Crippen LogP contribution in [0.1, 0.15) is 11.6 Å². The fourth-order valence-corrected chi connectivity index (χ4v) is 1.71. The Kier molecular flexibility index (Phi) is 2.13. The van der Waals surface area contributed by atoms with Crippen molar-refractivity contribution in [3.05, 3.63) is 34.3 Å². The number of nitrogens with zero attached hydrogens (tertiary/aromatic N) is 1. The number of ether oxygens (including phenoxy) is 1. The van der Waals surface area contributed by atoms with E-state index < -0.39 is 0 Å². The zero-order valence-electron chi connectivity index (χ0n) is 6.33. The van der Waals surface area contributed by atoms with Crippen LogP contribution in [0.5, 0.6) is 0 Å². The van der Waals surface area contributed by atoms with E-state index in [-0.39, 0.29) is 6.04 Å². The largest absolute Gasteiger partial charge is 0.471 e. The summed E-state index contributed by atoms with van der Waals surface area (Å²) >= 11 is 3.46. The van der Waals surface area contributed by atoms with Crippen molar-refractivity contribution in [1.29, 1.82) is 0 Å². The van der Waals surface area contributed by atoms with Crippen LogP contribution in [0.3, 0.4) is 0 Å². The van der Waals surface area contributed by atoms with Crippen LogP contribution in [-0.4, -0.2) is 13.0 Å². The summed E-state index contributed by atoms with van der Waals surface area (Å²) in [6.07, 6.45) is 2.50. The molecule has 1 aromatic rings. The lowest BCUT2D eigenvalue weighted by atomic mass is 10.1. The minimum Gasteiger partial charge on any atom is -0.471 e. The number of hydrogen-bond donors (Lipinski definition) is 0. The quantitative estimate of drug-likeness (QED) is 0.719. The zero-order valence-corrected chi connectivity index (χ0v) is 7.91. The van der Waals surface area contributed by atoms with E-state index >= 15 is 0 Å². The lowest BCUT2D eigenvalue weighted by Crippen LogP contribution is -1.97. The summed E-state index contributed by atoms with van der Waals surface area (Å²) in [7, 11) is 0. The van der Waals surface area contributed by atoms with Gasteiger partial charge in [-0.2, -0.15) is 0 Å². The Labute approximate surface area is 79.4 Å². The van der Waals surface area contributed by atoms with E-state index in [0.29, 0.717) is 6.61 Å². The predicted molar refractivity (Wildman–Crippen MR) is 50.3 cm³/mol. The van der Waals surface area contributed by atoms with Crippen molar-refractivity contribution < 1.29 is 4.74 Å². The normalized spacial score (nSPS) is 20.9. The van der Waals surface area contributed by atoms with E-state index in [1.54, 1.807) is 0 Å². The molecule has 0 saturated carbocycles. The van der Waals surface area contributed by atoms with Crippen LogP contribution in [0.25, 0.3) is 0 Å². The van der Waals surface area contributed by atoms with E-state index in [0.717, 1.165) is 10.0 Å². The molecule has 1 heterocycles. The lowest BCUT2D eigenvalue weighted by Gasteiger charge is -2.06. The molecule has 0 saturated heterocycles. The van der Waals surface area contributed by atoms with Crippen molar-refractivity contribution in [3.8, 4) is 0 Å². The van der Waals surface area contributed by atoms with Crippen LogP contribution in [0.4, 0.5) is 0 Å². The van der Waals surface area contributed by atoms with Gasteiger partial charge in [0.15, 0.2) is 0 Å². The van der Waals surface area contributed by atoms with E-state index in [9.17, 15) is 0 Å². The first-order chi connectivity index (χ1) is 5.88. The SMILES string of the molecule is Brc1ccccc1C1CO[C]=N1. The number of aliphatic imine (C=N–C) groups is 1. The minimum absolute atomic E-state index is 0.112. The smallest absolute Gasteiger partial charge is 0.273 e. The van der Waals surface area contributed by atoms with Crippen LogP contribution >= 0.6 is 15.9 Å². The van der Waals surface area contributed by atoms with Gasteiger partial charge < -0.3 is 4.74 Å². The van der Waals surface area contributed by atoms with Gasteiger partial charge in [-0.15, -0.1) is 0 Å². The standard InChI is InChI=1S/C9H7BrNO/c10-8-4-2-1-3-7(8)9-5-12-6-11-9/h1-4,9H,5H2. The second-order valence-electron chi connectivity index (χ2n) is 2.57. The maximum Gasteiger partial charge on any atom is 0.273 e. The van der Waals surface area contributed by atoms with Crippen molar-refractivity contribution in [2.24, 2.45) is 4.99 Å². The Balaban J connectivity index is 2.33. The van der Waals surface area contributed by atoms with Gasteiger partial charge >= 0.3 is 0 Å². The topological polar surface area (TPSA) is 21.6 Å². The van der Waals surface area contributed by atoms with E-state index in [2.05, 4.69) is 27.3 Å². The summed E-state index contributed by atoms with van der Waals surface area (Å²) in [6, 6.07) is 8.13. The highest BCUT2D eigenvalue weighted by Gasteiger charge is 2.16. The Morgan fingerprint density at radius 3 is 3.00 bits per heavy atom. The predicted octanol–water partition coefficient (Wildman–Crippen LogP) is 2.43. The zero-order chi connectivity index (χ0) is 8.39. The molecule has 1 aliphatic rings. The van der Waals surface area contributed by atoms with E-state index in [1.807, 2.05) is 24.3 Å². The third-order valence-electron chi connectivity index (χ3n) is 1.78. The fraction of sp³-hybridized carbons (Fsp3) is 0.222. The highest BCUT2D eigenvalue weighted by Crippen LogP contribution is 2.27. The van der Waals surface area contributed by atoms with Gasteiger partial charge in [-0.05, 0) is 11.6 Å². The minimum atomic E-state index is 0.112. The molecule has 0 spiro atoms. The molecule has 1 unspecified atom stereocenters. The molecule has 61 valence electrons. The number of hydrogen-bond acceptors (Lipinski definition) is 2. The van der Waals surface area contributed by atoms with E-state index in [1.165, 1.54) is 0 Å². The van der Waals surface area contributed by atoms with Crippen molar-refractivity contribution in [2.75, 3.05) is 6.61 Å². The van der Waals surface area contributed by atoms with Gasteiger partial charge in [0, 0.05) is 4.47 Å². The molecule has 1 aromatic carbocycles. The van der Waals surface area contributed by atoms with Crippen molar-refractivity contribution in [2.45, 2.75) is 6.04 Å². The van der Waals surface area contributed by atoms with Gasteiger partial charge in [0.1, 0.15) is 12.6 Å². The molecule has 1 atom stereocenters. The first kappa shape index (κ1) is 7.80. The molecule has 0 aliphatic carbocycles. The average molecular weight is 225 g/mol. The first-order valence-corrected chi connectivity index (χ1v) is 4.48. The van der Waals surface area contributed by atoms with Gasteiger partial charge in [0.05, 0.1) is 0 Å². The molecule has 0 aromatic heterocycles. The number of benzene rings is 1. The maximum absolute atomic E-state index is 4.93.